The van der Waals surface area contributed by atoms with Crippen LogP contribution in [0.4, 0.5) is 11.4 Å². The molecule has 2 bridgehead atoms. The van der Waals surface area contributed by atoms with Crippen molar-refractivity contribution in [3.63, 3.8) is 0 Å². The van der Waals surface area contributed by atoms with Crippen molar-refractivity contribution in [2.75, 3.05) is 13.1 Å². The number of rotatable bonds is 11. The second kappa shape index (κ2) is 19.5. The van der Waals surface area contributed by atoms with Crippen LogP contribution >= 0.6 is 0 Å². The van der Waals surface area contributed by atoms with E-state index < -0.39 is 41.6 Å². The maximum atomic E-state index is 14.1. The van der Waals surface area contributed by atoms with Gasteiger partial charge in [-0.05, 0) is 140 Å². The van der Waals surface area contributed by atoms with E-state index in [0.29, 0.717) is 17.7 Å². The molecule has 3 fully saturated rings. The van der Waals surface area contributed by atoms with E-state index in [9.17, 15) is 38.2 Å². The van der Waals surface area contributed by atoms with Crippen LogP contribution in [0.1, 0.15) is 114 Å². The van der Waals surface area contributed by atoms with Gasteiger partial charge >= 0.3 is 5.97 Å². The van der Waals surface area contributed by atoms with Crippen LogP contribution in [0.2, 0.25) is 0 Å². The van der Waals surface area contributed by atoms with Crippen LogP contribution in [-0.4, -0.2) is 64.8 Å². The van der Waals surface area contributed by atoms with E-state index in [-0.39, 0.29) is 36.5 Å². The van der Waals surface area contributed by atoms with Crippen molar-refractivity contribution in [2.24, 2.45) is 5.92 Å². The number of nitro groups is 2. The lowest BCUT2D eigenvalue weighted by Crippen LogP contribution is -2.55. The standard InChI is InChI=1S/C36H43N5O7S.C6H12O2.C2H2/c1-22-15-23(2)17-27(16-22)25(4)30(13-14-38-49(47,48)33-12-11-29(40(43)44)18-32(33)41(45)46)31-19-34(37-20-24(31)3)36(5,6)35(42)39-21-26-7-9-28(39)10-8-26;1-5(7)8-6(2,3)4;1-2/h11-12,15-20,26,28,38H,7-10,13-14,21H2,1-6H3;1-4H3;1-2H/b30-25+;;. The van der Waals surface area contributed by atoms with Gasteiger partial charge in [-0.1, -0.05) is 29.3 Å². The second-order valence-electron chi connectivity index (χ2n) is 16.6. The average Bonchev–Trinajstić information content (AvgIpc) is 3.16. The van der Waals surface area contributed by atoms with Crippen LogP contribution < -0.4 is 4.72 Å². The number of carbonyl (C=O) groups is 2. The molecule has 14 nitrogen and oxygen atoms in total. The van der Waals surface area contributed by atoms with Gasteiger partial charge < -0.3 is 9.64 Å². The van der Waals surface area contributed by atoms with Crippen LogP contribution in [0.3, 0.4) is 0 Å². The van der Waals surface area contributed by atoms with Crippen LogP contribution in [-0.2, 0) is 29.8 Å². The summed E-state index contributed by atoms with van der Waals surface area (Å²) in [4.78, 5) is 51.6. The van der Waals surface area contributed by atoms with Crippen LogP contribution in [0, 0.1) is 59.8 Å². The third-order valence-electron chi connectivity index (χ3n) is 10.4. The molecule has 318 valence electrons. The number of nitro benzene ring substituents is 2. The van der Waals surface area contributed by atoms with E-state index in [1.165, 1.54) is 6.92 Å². The fourth-order valence-electron chi connectivity index (χ4n) is 7.67. The molecule has 0 radical (unpaired) electrons. The first-order valence-corrected chi connectivity index (χ1v) is 20.9. The number of nitrogens with one attached hydrogen (secondary N) is 1. The van der Waals surface area contributed by atoms with Crippen LogP contribution in [0.5, 0.6) is 0 Å². The highest BCUT2D eigenvalue weighted by Crippen LogP contribution is 2.39. The van der Waals surface area contributed by atoms with Crippen LogP contribution in [0.15, 0.2) is 53.6 Å². The third-order valence-corrected chi connectivity index (χ3v) is 11.9. The Hall–Kier alpha value is -5.46. The molecule has 6 rings (SSSR count). The number of sulfonamides is 1. The highest BCUT2D eigenvalue weighted by Gasteiger charge is 2.43. The smallest absolute Gasteiger partial charge is 0.303 e. The molecule has 2 aromatic carbocycles. The summed E-state index contributed by atoms with van der Waals surface area (Å²) in [7, 11) is -4.43. The van der Waals surface area contributed by atoms with E-state index in [2.05, 4.69) is 35.8 Å². The summed E-state index contributed by atoms with van der Waals surface area (Å²) in [5.41, 5.74) is 4.40. The molecule has 1 amide bonds. The molecular weight excluding hydrogens is 775 g/mol. The van der Waals surface area contributed by atoms with E-state index >= 15 is 0 Å². The minimum absolute atomic E-state index is 0.0539. The lowest BCUT2D eigenvalue weighted by molar-refractivity contribution is -0.396. The van der Waals surface area contributed by atoms with Crippen molar-refractivity contribution < 1.29 is 32.6 Å². The monoisotopic (exact) mass is 831 g/mol. The molecule has 15 heteroatoms. The first-order valence-electron chi connectivity index (χ1n) is 19.4. The number of nitrogens with zero attached hydrogens (tertiary/aromatic N) is 4. The summed E-state index contributed by atoms with van der Waals surface area (Å²) in [6, 6.07) is 10.8. The van der Waals surface area contributed by atoms with Gasteiger partial charge in [0.25, 0.3) is 11.4 Å². The summed E-state index contributed by atoms with van der Waals surface area (Å²) >= 11 is 0. The number of hydrogen-bond donors (Lipinski definition) is 1. The zero-order chi connectivity index (χ0) is 44.6. The van der Waals surface area contributed by atoms with Gasteiger partial charge in [0.15, 0.2) is 4.90 Å². The van der Waals surface area contributed by atoms with Gasteiger partial charge in [-0.3, -0.25) is 34.8 Å². The van der Waals surface area contributed by atoms with Gasteiger partial charge in [-0.25, -0.2) is 13.1 Å². The number of aryl methyl sites for hydroxylation is 3. The molecule has 1 saturated carbocycles. The van der Waals surface area contributed by atoms with E-state index in [1.54, 1.807) is 6.20 Å². The number of esters is 1. The summed E-state index contributed by atoms with van der Waals surface area (Å²) in [5, 5.41) is 22.9. The van der Waals surface area contributed by atoms with Gasteiger partial charge in [0.2, 0.25) is 15.9 Å². The van der Waals surface area contributed by atoms with Crippen molar-refractivity contribution in [2.45, 2.75) is 123 Å². The minimum atomic E-state index is -4.43. The van der Waals surface area contributed by atoms with Gasteiger partial charge in [-0.2, -0.15) is 0 Å². The van der Waals surface area contributed by atoms with Crippen molar-refractivity contribution >= 4 is 44.4 Å². The number of benzene rings is 2. The Bertz CT molecular complexity index is 2210. The number of aromatic nitrogens is 1. The molecule has 0 spiro atoms. The lowest BCUT2D eigenvalue weighted by Gasteiger charge is -2.47. The Kier molecular flexibility index (Phi) is 15.9. The number of piperidine rings is 2. The lowest BCUT2D eigenvalue weighted by atomic mass is 9.77. The zero-order valence-electron chi connectivity index (χ0n) is 35.7. The second-order valence-corrected chi connectivity index (χ2v) is 18.4. The SMILES string of the molecule is C#C.C/C(=C(/CCNS(=O)(=O)c1ccc([N+](=O)[O-])cc1[N+](=O)[O-])c1cc(C(C)(C)C(=O)N2CC3CCC2CC3)ncc1C)c1cc(C)cc(C)c1.CC(=O)OC(C)(C)C. The van der Waals surface area contributed by atoms with Gasteiger partial charge in [0.1, 0.15) is 5.60 Å². The summed E-state index contributed by atoms with van der Waals surface area (Å²) in [5.74, 6) is 0.369. The fourth-order valence-corrected chi connectivity index (χ4v) is 8.85. The topological polar surface area (TPSA) is 192 Å². The number of fused-ring (bicyclic) bond motifs is 3. The zero-order valence-corrected chi connectivity index (χ0v) is 36.6. The number of allylic oxidation sites excluding steroid dienone is 1. The summed E-state index contributed by atoms with van der Waals surface area (Å²) in [6.07, 6.45) is 14.3. The number of carbonyl (C=O) groups excluding carboxylic acids is 2. The Morgan fingerprint density at radius 2 is 1.51 bits per heavy atom. The first kappa shape index (κ1) is 47.9. The first-order chi connectivity index (χ1) is 27.4. The molecule has 0 unspecified atom stereocenters. The number of terminal acetylenes is 1. The predicted octanol–water partition coefficient (Wildman–Crippen LogP) is 8.40. The molecule has 3 aliphatic rings. The Labute approximate surface area is 348 Å². The molecule has 59 heavy (non-hydrogen) atoms. The average molecular weight is 832 g/mol. The maximum Gasteiger partial charge on any atom is 0.303 e. The normalized spacial score (nSPS) is 16.7. The van der Waals surface area contributed by atoms with Gasteiger partial charge in [-0.15, -0.1) is 12.8 Å². The van der Waals surface area contributed by atoms with Crippen molar-refractivity contribution in [1.29, 1.82) is 0 Å². The minimum Gasteiger partial charge on any atom is -0.460 e. The molecule has 2 saturated heterocycles. The number of hydrogen-bond acceptors (Lipinski definition) is 10. The van der Waals surface area contributed by atoms with Gasteiger partial charge in [0, 0.05) is 38.3 Å². The van der Waals surface area contributed by atoms with E-state index in [4.69, 9.17) is 9.72 Å². The van der Waals surface area contributed by atoms with Gasteiger partial charge in [0.05, 0.1) is 27.0 Å². The van der Waals surface area contributed by atoms with Crippen molar-refractivity contribution in [1.82, 2.24) is 14.6 Å². The number of non-ortho nitro benzene ring substituents is 1. The maximum absolute atomic E-state index is 14.1. The number of ether oxygens (including phenoxy) is 1. The Balaban J connectivity index is 0.000000832. The summed E-state index contributed by atoms with van der Waals surface area (Å²) < 4.78 is 34.0. The molecule has 3 aromatic rings. The third kappa shape index (κ3) is 12.3. The number of amides is 1. The molecule has 2 aliphatic heterocycles. The van der Waals surface area contributed by atoms with E-state index in [1.807, 2.05) is 73.3 Å². The highest BCUT2D eigenvalue weighted by molar-refractivity contribution is 7.89. The number of pyridine rings is 1. The Morgan fingerprint density at radius 3 is 1.98 bits per heavy atom. The predicted molar refractivity (Wildman–Crippen MR) is 229 cm³/mol. The molecule has 1 aromatic heterocycles. The molecule has 1 N–H and O–H groups in total. The molecular formula is C44H57N5O9S. The molecule has 3 heterocycles. The Morgan fingerprint density at radius 1 is 0.915 bits per heavy atom. The quantitative estimate of drug-likeness (QED) is 0.0849. The van der Waals surface area contributed by atoms with E-state index in [0.717, 1.165) is 83.3 Å². The highest BCUT2D eigenvalue weighted by atomic mass is 32.2. The molecule has 0 atom stereocenters. The molecule has 1 aliphatic carbocycles. The summed E-state index contributed by atoms with van der Waals surface area (Å²) in [6.45, 7) is 19.3. The van der Waals surface area contributed by atoms with Crippen LogP contribution in [0.25, 0.3) is 11.1 Å². The fraction of sp³-hybridized carbons (Fsp3) is 0.477. The van der Waals surface area contributed by atoms with Crippen molar-refractivity contribution in [3.8, 4) is 12.8 Å². The van der Waals surface area contributed by atoms with Crippen molar-refractivity contribution in [3.05, 3.63) is 102 Å². The largest absolute Gasteiger partial charge is 0.460 e.